The molecule has 0 aliphatic rings. The second-order valence-corrected chi connectivity index (χ2v) is 6.57. The Bertz CT molecular complexity index is 250. The number of allylic oxidation sites excluding steroid dienone is 5. The van der Waals surface area contributed by atoms with Crippen molar-refractivity contribution >= 4 is 0 Å². The minimum Gasteiger partial charge on any atom is -0.103 e. The van der Waals surface area contributed by atoms with Gasteiger partial charge in [-0.3, -0.25) is 0 Å². The Morgan fingerprint density at radius 1 is 0.737 bits per heavy atom. The van der Waals surface area contributed by atoms with Crippen molar-refractivity contribution in [3.05, 3.63) is 37.0 Å². The van der Waals surface area contributed by atoms with Crippen LogP contribution in [-0.2, 0) is 0 Å². The smallest absolute Gasteiger partial charge is 0.0169 e. The Hall–Kier alpha value is -0.780. The standard InChI is InChI=1S/C19H34/c1-5-6-7-8-9-10-11-12-13-14-15-16-17-18-19(2,3)4/h5,7-8,10-11H,1,6,9,12-18H2,2-4H3/b8-7-,11-10-. The molecule has 0 fully saturated rings. The number of hydrogen-bond donors (Lipinski definition) is 0. The number of hydrogen-bond acceptors (Lipinski definition) is 0. The van der Waals surface area contributed by atoms with Gasteiger partial charge in [-0.25, -0.2) is 0 Å². The fourth-order valence-corrected chi connectivity index (χ4v) is 2.03. The maximum Gasteiger partial charge on any atom is -0.0169 e. The molecule has 0 aliphatic heterocycles. The van der Waals surface area contributed by atoms with E-state index in [0.717, 1.165) is 12.8 Å². The van der Waals surface area contributed by atoms with Crippen molar-refractivity contribution in [3.8, 4) is 0 Å². The van der Waals surface area contributed by atoms with Crippen molar-refractivity contribution in [1.29, 1.82) is 0 Å². The Kier molecular flexibility index (Phi) is 11.8. The van der Waals surface area contributed by atoms with Crippen molar-refractivity contribution in [2.24, 2.45) is 5.41 Å². The molecule has 0 heteroatoms. The molecule has 0 saturated heterocycles. The van der Waals surface area contributed by atoms with Crippen molar-refractivity contribution < 1.29 is 0 Å². The summed E-state index contributed by atoms with van der Waals surface area (Å²) in [6, 6.07) is 0. The van der Waals surface area contributed by atoms with Crippen LogP contribution in [0.1, 0.15) is 78.6 Å². The quantitative estimate of drug-likeness (QED) is 0.282. The zero-order valence-corrected chi connectivity index (χ0v) is 13.5. The van der Waals surface area contributed by atoms with E-state index < -0.39 is 0 Å². The molecule has 0 saturated carbocycles. The molecular formula is C19H34. The molecule has 0 unspecified atom stereocenters. The molecule has 110 valence electrons. The van der Waals surface area contributed by atoms with E-state index in [9.17, 15) is 0 Å². The van der Waals surface area contributed by atoms with Crippen LogP contribution in [0.2, 0.25) is 0 Å². The van der Waals surface area contributed by atoms with E-state index in [0.29, 0.717) is 5.41 Å². The summed E-state index contributed by atoms with van der Waals surface area (Å²) in [7, 11) is 0. The molecule has 0 amide bonds. The predicted octanol–water partition coefficient (Wildman–Crippen LogP) is 6.84. The molecule has 0 aromatic carbocycles. The molecule has 0 aliphatic carbocycles. The van der Waals surface area contributed by atoms with Gasteiger partial charge in [0.2, 0.25) is 0 Å². The lowest BCUT2D eigenvalue weighted by Gasteiger charge is -2.17. The van der Waals surface area contributed by atoms with Crippen LogP contribution >= 0.6 is 0 Å². The van der Waals surface area contributed by atoms with E-state index in [1.807, 2.05) is 6.08 Å². The van der Waals surface area contributed by atoms with Gasteiger partial charge in [0.15, 0.2) is 0 Å². The minimum atomic E-state index is 0.516. The van der Waals surface area contributed by atoms with E-state index in [2.05, 4.69) is 51.7 Å². The molecule has 0 bridgehead atoms. The monoisotopic (exact) mass is 262 g/mol. The third-order valence-corrected chi connectivity index (χ3v) is 3.21. The van der Waals surface area contributed by atoms with Crippen LogP contribution in [0.3, 0.4) is 0 Å². The van der Waals surface area contributed by atoms with Crippen LogP contribution < -0.4 is 0 Å². The Morgan fingerprint density at radius 3 is 2.00 bits per heavy atom. The van der Waals surface area contributed by atoms with Gasteiger partial charge < -0.3 is 0 Å². The summed E-state index contributed by atoms with van der Waals surface area (Å²) in [5, 5.41) is 0. The Balaban J connectivity index is 3.22. The van der Waals surface area contributed by atoms with E-state index in [1.165, 1.54) is 44.9 Å². The molecule has 0 atom stereocenters. The van der Waals surface area contributed by atoms with Gasteiger partial charge in [-0.2, -0.15) is 0 Å². The average molecular weight is 262 g/mol. The highest BCUT2D eigenvalue weighted by atomic mass is 14.1. The van der Waals surface area contributed by atoms with Gasteiger partial charge >= 0.3 is 0 Å². The topological polar surface area (TPSA) is 0 Å². The lowest BCUT2D eigenvalue weighted by molar-refractivity contribution is 0.356. The first kappa shape index (κ1) is 18.2. The number of unbranched alkanes of at least 4 members (excludes halogenated alkanes) is 5. The molecular weight excluding hydrogens is 228 g/mol. The molecule has 0 N–H and O–H groups in total. The summed E-state index contributed by atoms with van der Waals surface area (Å²) < 4.78 is 0. The van der Waals surface area contributed by atoms with Crippen molar-refractivity contribution in [2.75, 3.05) is 0 Å². The maximum absolute atomic E-state index is 3.69. The van der Waals surface area contributed by atoms with Crippen LogP contribution in [-0.4, -0.2) is 0 Å². The highest BCUT2D eigenvalue weighted by Gasteiger charge is 2.08. The second-order valence-electron chi connectivity index (χ2n) is 6.57. The third-order valence-electron chi connectivity index (χ3n) is 3.21. The molecule has 19 heavy (non-hydrogen) atoms. The summed E-state index contributed by atoms with van der Waals surface area (Å²) in [5.41, 5.74) is 0.516. The van der Waals surface area contributed by atoms with E-state index in [4.69, 9.17) is 0 Å². The summed E-state index contributed by atoms with van der Waals surface area (Å²) >= 11 is 0. The van der Waals surface area contributed by atoms with Gasteiger partial charge in [0.25, 0.3) is 0 Å². The first-order chi connectivity index (χ1) is 9.06. The molecule has 0 aromatic rings. The van der Waals surface area contributed by atoms with Crippen LogP contribution in [0.25, 0.3) is 0 Å². The van der Waals surface area contributed by atoms with Crippen LogP contribution in [0.5, 0.6) is 0 Å². The normalized spacial score (nSPS) is 12.6. The molecule has 0 rings (SSSR count). The van der Waals surface area contributed by atoms with Gasteiger partial charge in [-0.1, -0.05) is 76.8 Å². The van der Waals surface area contributed by atoms with E-state index >= 15 is 0 Å². The first-order valence-electron chi connectivity index (χ1n) is 7.97. The third kappa shape index (κ3) is 17.2. The van der Waals surface area contributed by atoms with Gasteiger partial charge in [0.05, 0.1) is 0 Å². The van der Waals surface area contributed by atoms with Crippen molar-refractivity contribution in [3.63, 3.8) is 0 Å². The molecule has 0 nitrogen and oxygen atoms in total. The van der Waals surface area contributed by atoms with Gasteiger partial charge in [-0.15, -0.1) is 6.58 Å². The summed E-state index contributed by atoms with van der Waals surface area (Å²) in [4.78, 5) is 0. The Labute approximate surface area is 121 Å². The van der Waals surface area contributed by atoms with Crippen molar-refractivity contribution in [2.45, 2.75) is 78.6 Å². The highest BCUT2D eigenvalue weighted by Crippen LogP contribution is 2.22. The zero-order valence-electron chi connectivity index (χ0n) is 13.5. The van der Waals surface area contributed by atoms with Crippen LogP contribution in [0, 0.1) is 5.41 Å². The minimum absolute atomic E-state index is 0.516. The molecule has 0 aromatic heterocycles. The largest absolute Gasteiger partial charge is 0.103 e. The molecule has 0 spiro atoms. The van der Waals surface area contributed by atoms with Crippen LogP contribution in [0.4, 0.5) is 0 Å². The summed E-state index contributed by atoms with van der Waals surface area (Å²) in [6.07, 6.45) is 22.5. The zero-order chi connectivity index (χ0) is 14.4. The fourth-order valence-electron chi connectivity index (χ4n) is 2.03. The number of rotatable bonds is 11. The maximum atomic E-state index is 3.69. The highest BCUT2D eigenvalue weighted by molar-refractivity contribution is 4.95. The predicted molar refractivity (Wildman–Crippen MR) is 89.5 cm³/mol. The summed E-state index contributed by atoms with van der Waals surface area (Å²) in [6.45, 7) is 10.7. The van der Waals surface area contributed by atoms with Gasteiger partial charge in [-0.05, 0) is 37.5 Å². The molecule has 0 heterocycles. The molecule has 0 radical (unpaired) electrons. The lowest BCUT2D eigenvalue weighted by atomic mass is 9.89. The fraction of sp³-hybridized carbons (Fsp3) is 0.684. The van der Waals surface area contributed by atoms with E-state index in [1.54, 1.807) is 0 Å². The SMILES string of the molecule is C=CC/C=C\C/C=C\CCCCCCCC(C)(C)C. The lowest BCUT2D eigenvalue weighted by Crippen LogP contribution is -2.03. The van der Waals surface area contributed by atoms with E-state index in [-0.39, 0.29) is 0 Å². The summed E-state index contributed by atoms with van der Waals surface area (Å²) in [5.74, 6) is 0. The average Bonchev–Trinajstić information content (AvgIpc) is 2.34. The van der Waals surface area contributed by atoms with Gasteiger partial charge in [0, 0.05) is 0 Å². The second kappa shape index (κ2) is 12.3. The van der Waals surface area contributed by atoms with Gasteiger partial charge in [0.1, 0.15) is 0 Å². The first-order valence-corrected chi connectivity index (χ1v) is 7.97. The van der Waals surface area contributed by atoms with Crippen molar-refractivity contribution in [1.82, 2.24) is 0 Å². The Morgan fingerprint density at radius 2 is 1.32 bits per heavy atom. The van der Waals surface area contributed by atoms with Crippen LogP contribution in [0.15, 0.2) is 37.0 Å².